The SMILES string of the molecule is Cc1ccc(NC(=O)CN(C)Cc2ccc(Cl)c(Cl)c2)cc1S(=O)(=O)N1CCCCCC1. The molecule has 174 valence electrons. The number of carbonyl (C=O) groups excluding carboxylic acids is 1. The lowest BCUT2D eigenvalue weighted by Crippen LogP contribution is -2.32. The van der Waals surface area contributed by atoms with Crippen LogP contribution in [-0.2, 0) is 21.4 Å². The number of hydrogen-bond acceptors (Lipinski definition) is 4. The third kappa shape index (κ3) is 6.45. The summed E-state index contributed by atoms with van der Waals surface area (Å²) < 4.78 is 28.0. The fourth-order valence-electron chi connectivity index (χ4n) is 3.83. The van der Waals surface area contributed by atoms with Gasteiger partial charge in [-0.05, 0) is 62.2 Å². The quantitative estimate of drug-likeness (QED) is 0.588. The van der Waals surface area contributed by atoms with Gasteiger partial charge in [-0.25, -0.2) is 8.42 Å². The smallest absolute Gasteiger partial charge is 0.243 e. The van der Waals surface area contributed by atoms with Gasteiger partial charge in [0, 0.05) is 25.3 Å². The lowest BCUT2D eigenvalue weighted by molar-refractivity contribution is -0.117. The van der Waals surface area contributed by atoms with Gasteiger partial charge in [-0.1, -0.05) is 48.2 Å². The van der Waals surface area contributed by atoms with E-state index in [1.54, 1.807) is 41.6 Å². The largest absolute Gasteiger partial charge is 0.325 e. The third-order valence-electron chi connectivity index (χ3n) is 5.50. The van der Waals surface area contributed by atoms with Crippen LogP contribution in [0.15, 0.2) is 41.3 Å². The highest BCUT2D eigenvalue weighted by Crippen LogP contribution is 2.26. The van der Waals surface area contributed by atoms with Crippen LogP contribution < -0.4 is 5.32 Å². The van der Waals surface area contributed by atoms with Crippen LogP contribution in [-0.4, -0.2) is 50.2 Å². The van der Waals surface area contributed by atoms with Crippen molar-refractivity contribution in [3.05, 3.63) is 57.6 Å². The third-order valence-corrected chi connectivity index (χ3v) is 8.28. The summed E-state index contributed by atoms with van der Waals surface area (Å²) in [7, 11) is -1.77. The first-order valence-corrected chi connectivity index (χ1v) is 12.9. The van der Waals surface area contributed by atoms with E-state index < -0.39 is 10.0 Å². The zero-order chi connectivity index (χ0) is 23.3. The molecule has 1 fully saturated rings. The van der Waals surface area contributed by atoms with Gasteiger partial charge in [-0.2, -0.15) is 4.31 Å². The Morgan fingerprint density at radius 1 is 1.03 bits per heavy atom. The first kappa shape index (κ1) is 25.0. The maximum absolute atomic E-state index is 13.2. The zero-order valence-corrected chi connectivity index (χ0v) is 20.7. The minimum absolute atomic E-state index is 0.141. The number of sulfonamides is 1. The fraction of sp³-hybridized carbons (Fsp3) is 0.435. The first-order chi connectivity index (χ1) is 15.2. The molecule has 32 heavy (non-hydrogen) atoms. The Bertz CT molecular complexity index is 1070. The number of carbonyl (C=O) groups is 1. The second-order valence-electron chi connectivity index (χ2n) is 8.27. The van der Waals surface area contributed by atoms with Gasteiger partial charge >= 0.3 is 0 Å². The van der Waals surface area contributed by atoms with Gasteiger partial charge in [0.25, 0.3) is 0 Å². The molecule has 1 N–H and O–H groups in total. The molecule has 1 saturated heterocycles. The molecule has 0 radical (unpaired) electrons. The lowest BCUT2D eigenvalue weighted by Gasteiger charge is -2.22. The van der Waals surface area contributed by atoms with E-state index in [1.807, 2.05) is 18.0 Å². The predicted octanol–water partition coefficient (Wildman–Crippen LogP) is 4.94. The number of likely N-dealkylation sites (N-methyl/N-ethyl adjacent to an activating group) is 1. The molecular formula is C23H29Cl2N3O3S. The molecule has 2 aromatic rings. The van der Waals surface area contributed by atoms with Crippen LogP contribution in [0.3, 0.4) is 0 Å². The monoisotopic (exact) mass is 497 g/mol. The lowest BCUT2D eigenvalue weighted by atomic mass is 10.2. The molecule has 9 heteroatoms. The molecule has 1 amide bonds. The normalized spacial score (nSPS) is 15.5. The minimum Gasteiger partial charge on any atom is -0.325 e. The van der Waals surface area contributed by atoms with Gasteiger partial charge < -0.3 is 5.32 Å². The van der Waals surface area contributed by atoms with Crippen molar-refractivity contribution < 1.29 is 13.2 Å². The number of anilines is 1. The molecule has 0 atom stereocenters. The molecule has 0 bridgehead atoms. The second-order valence-corrected chi connectivity index (χ2v) is 11.0. The van der Waals surface area contributed by atoms with Crippen LogP contribution >= 0.6 is 23.2 Å². The topological polar surface area (TPSA) is 69.7 Å². The summed E-state index contributed by atoms with van der Waals surface area (Å²) in [5.41, 5.74) is 2.08. The van der Waals surface area contributed by atoms with Crippen molar-refractivity contribution in [3.8, 4) is 0 Å². The summed E-state index contributed by atoms with van der Waals surface area (Å²) in [5.74, 6) is -0.227. The van der Waals surface area contributed by atoms with Gasteiger partial charge in [0.2, 0.25) is 15.9 Å². The van der Waals surface area contributed by atoms with Crippen molar-refractivity contribution in [3.63, 3.8) is 0 Å². The highest BCUT2D eigenvalue weighted by Gasteiger charge is 2.27. The molecule has 0 spiro atoms. The Hall–Kier alpha value is -1.64. The standard InChI is InChI=1S/C23H29Cl2N3O3S/c1-17-7-9-19(14-22(17)32(30,31)28-11-5-3-4-6-12-28)26-23(29)16-27(2)15-18-8-10-20(24)21(25)13-18/h7-10,13-14H,3-6,11-12,15-16H2,1-2H3,(H,26,29). The van der Waals surface area contributed by atoms with Crippen LogP contribution in [0.4, 0.5) is 5.69 Å². The summed E-state index contributed by atoms with van der Waals surface area (Å²) in [6.45, 7) is 3.52. The number of amides is 1. The molecule has 1 aliphatic rings. The van der Waals surface area contributed by atoms with E-state index in [9.17, 15) is 13.2 Å². The zero-order valence-electron chi connectivity index (χ0n) is 18.4. The Morgan fingerprint density at radius 2 is 1.72 bits per heavy atom. The number of hydrogen-bond donors (Lipinski definition) is 1. The highest BCUT2D eigenvalue weighted by molar-refractivity contribution is 7.89. The number of nitrogens with one attached hydrogen (secondary N) is 1. The maximum atomic E-state index is 13.2. The van der Waals surface area contributed by atoms with E-state index in [1.165, 1.54) is 0 Å². The molecule has 2 aromatic carbocycles. The molecular weight excluding hydrogens is 469 g/mol. The molecule has 6 nitrogen and oxygen atoms in total. The van der Waals surface area contributed by atoms with E-state index in [2.05, 4.69) is 5.32 Å². The summed E-state index contributed by atoms with van der Waals surface area (Å²) in [4.78, 5) is 14.7. The minimum atomic E-state index is -3.60. The van der Waals surface area contributed by atoms with Crippen molar-refractivity contribution in [2.45, 2.75) is 44.0 Å². The molecule has 0 aliphatic carbocycles. The molecule has 1 aliphatic heterocycles. The van der Waals surface area contributed by atoms with E-state index in [-0.39, 0.29) is 17.3 Å². The summed E-state index contributed by atoms with van der Waals surface area (Å²) in [6, 6.07) is 10.4. The predicted molar refractivity (Wildman–Crippen MR) is 130 cm³/mol. The summed E-state index contributed by atoms with van der Waals surface area (Å²) >= 11 is 12.0. The Kier molecular flexibility index (Phi) is 8.58. The second kappa shape index (κ2) is 11.0. The number of benzene rings is 2. The average Bonchev–Trinajstić information content (AvgIpc) is 3.02. The van der Waals surface area contributed by atoms with Crippen LogP contribution in [0.25, 0.3) is 0 Å². The number of aryl methyl sites for hydroxylation is 1. The number of halogens is 2. The number of rotatable bonds is 7. The van der Waals surface area contributed by atoms with E-state index in [0.717, 1.165) is 31.2 Å². The summed E-state index contributed by atoms with van der Waals surface area (Å²) in [5, 5.41) is 3.78. The van der Waals surface area contributed by atoms with Gasteiger partial charge in [-0.3, -0.25) is 9.69 Å². The van der Waals surface area contributed by atoms with Crippen LogP contribution in [0.2, 0.25) is 10.0 Å². The van der Waals surface area contributed by atoms with E-state index in [0.29, 0.717) is 40.9 Å². The van der Waals surface area contributed by atoms with Crippen molar-refractivity contribution in [1.82, 2.24) is 9.21 Å². The molecule has 0 aromatic heterocycles. The van der Waals surface area contributed by atoms with Crippen molar-refractivity contribution in [1.29, 1.82) is 0 Å². The van der Waals surface area contributed by atoms with Crippen molar-refractivity contribution in [2.24, 2.45) is 0 Å². The first-order valence-electron chi connectivity index (χ1n) is 10.7. The Labute approximate surface area is 200 Å². The maximum Gasteiger partial charge on any atom is 0.243 e. The van der Waals surface area contributed by atoms with Gasteiger partial charge in [0.05, 0.1) is 21.5 Å². The van der Waals surface area contributed by atoms with Crippen molar-refractivity contribution >= 4 is 44.8 Å². The van der Waals surface area contributed by atoms with Gasteiger partial charge in [0.15, 0.2) is 0 Å². The molecule has 3 rings (SSSR count). The molecule has 1 heterocycles. The summed E-state index contributed by atoms with van der Waals surface area (Å²) in [6.07, 6.45) is 3.85. The molecule has 0 unspecified atom stereocenters. The fourth-order valence-corrected chi connectivity index (χ4v) is 5.92. The van der Waals surface area contributed by atoms with Crippen LogP contribution in [0.5, 0.6) is 0 Å². The van der Waals surface area contributed by atoms with E-state index in [4.69, 9.17) is 23.2 Å². The average molecular weight is 498 g/mol. The van der Waals surface area contributed by atoms with Crippen molar-refractivity contribution in [2.75, 3.05) is 32.0 Å². The van der Waals surface area contributed by atoms with E-state index >= 15 is 0 Å². The van der Waals surface area contributed by atoms with Crippen LogP contribution in [0, 0.1) is 6.92 Å². The Balaban J connectivity index is 1.66. The molecule has 0 saturated carbocycles. The van der Waals surface area contributed by atoms with Gasteiger partial charge in [-0.15, -0.1) is 0 Å². The number of nitrogens with zero attached hydrogens (tertiary/aromatic N) is 2. The highest BCUT2D eigenvalue weighted by atomic mass is 35.5. The van der Waals surface area contributed by atoms with Crippen LogP contribution in [0.1, 0.15) is 36.8 Å². The van der Waals surface area contributed by atoms with Gasteiger partial charge in [0.1, 0.15) is 0 Å². The Morgan fingerprint density at radius 3 is 2.38 bits per heavy atom.